The minimum absolute atomic E-state index is 0.0343. The number of carboxylic acids is 1. The molecule has 140 valence electrons. The van der Waals surface area contributed by atoms with Crippen LogP contribution in [0.2, 0.25) is 0 Å². The fourth-order valence-electron chi connectivity index (χ4n) is 4.22. The van der Waals surface area contributed by atoms with Gasteiger partial charge >= 0.3 is 5.97 Å². The fraction of sp³-hybridized carbons (Fsp3) is 0.824. The summed E-state index contributed by atoms with van der Waals surface area (Å²) in [7, 11) is 0. The number of rotatable bonds is 4. The van der Waals surface area contributed by atoms with E-state index >= 15 is 0 Å². The zero-order valence-corrected chi connectivity index (χ0v) is 14.9. The molecule has 3 aliphatic heterocycles. The minimum Gasteiger partial charge on any atom is -0.481 e. The first-order chi connectivity index (χ1) is 11.8. The predicted molar refractivity (Wildman–Crippen MR) is 88.9 cm³/mol. The van der Waals surface area contributed by atoms with Gasteiger partial charge in [-0.3, -0.25) is 19.3 Å². The highest BCUT2D eigenvalue weighted by atomic mass is 16.5. The Balaban J connectivity index is 1.69. The minimum atomic E-state index is -0.955. The van der Waals surface area contributed by atoms with E-state index in [1.54, 1.807) is 4.90 Å². The van der Waals surface area contributed by atoms with E-state index < -0.39 is 5.97 Å². The number of hydrogen-bond acceptors (Lipinski definition) is 5. The molecule has 8 nitrogen and oxygen atoms in total. The van der Waals surface area contributed by atoms with Gasteiger partial charge in [0.2, 0.25) is 11.8 Å². The lowest BCUT2D eigenvalue weighted by Crippen LogP contribution is -2.81. The molecule has 0 unspecified atom stereocenters. The number of amides is 2. The molecule has 0 aliphatic carbocycles. The van der Waals surface area contributed by atoms with E-state index in [0.29, 0.717) is 39.4 Å². The molecule has 2 amide bonds. The molecular formula is C17H27N3O5. The number of nitrogens with zero attached hydrogens (tertiary/aromatic N) is 3. The number of aliphatic carboxylic acids is 1. The van der Waals surface area contributed by atoms with Crippen LogP contribution >= 0.6 is 0 Å². The van der Waals surface area contributed by atoms with Crippen molar-refractivity contribution in [3.8, 4) is 0 Å². The molecule has 25 heavy (non-hydrogen) atoms. The van der Waals surface area contributed by atoms with Gasteiger partial charge in [0.1, 0.15) is 0 Å². The Morgan fingerprint density at radius 2 is 1.84 bits per heavy atom. The monoisotopic (exact) mass is 353 g/mol. The highest BCUT2D eigenvalue weighted by Crippen LogP contribution is 2.36. The number of carboxylic acid groups (broad SMARTS) is 1. The number of hydrogen-bond donors (Lipinski definition) is 1. The zero-order valence-electron chi connectivity index (χ0n) is 14.9. The van der Waals surface area contributed by atoms with E-state index in [-0.39, 0.29) is 42.2 Å². The molecular weight excluding hydrogens is 326 g/mol. The normalized spacial score (nSPS) is 25.6. The van der Waals surface area contributed by atoms with Crippen LogP contribution in [-0.2, 0) is 19.1 Å². The summed E-state index contributed by atoms with van der Waals surface area (Å²) in [6.07, 6.45) is -0.104. The molecule has 3 rings (SSSR count). The van der Waals surface area contributed by atoms with Gasteiger partial charge in [0.25, 0.3) is 0 Å². The summed E-state index contributed by atoms with van der Waals surface area (Å²) in [5.41, 5.74) is -0.212. The third-order valence-electron chi connectivity index (χ3n) is 5.43. The van der Waals surface area contributed by atoms with Gasteiger partial charge in [0.15, 0.2) is 0 Å². The second kappa shape index (κ2) is 6.92. The SMILES string of the molecule is CC(C)C(=O)N1C[C@@H]2COCCN2C2(CN(C(=O)CCC(=O)O)C2)C1. The average Bonchev–Trinajstić information content (AvgIpc) is 2.55. The molecule has 1 spiro atoms. The van der Waals surface area contributed by atoms with Crippen LogP contribution in [0, 0.1) is 5.92 Å². The maximum absolute atomic E-state index is 12.5. The van der Waals surface area contributed by atoms with Crippen molar-refractivity contribution in [3.05, 3.63) is 0 Å². The van der Waals surface area contributed by atoms with Crippen molar-refractivity contribution >= 4 is 17.8 Å². The van der Waals surface area contributed by atoms with Crippen LogP contribution < -0.4 is 0 Å². The van der Waals surface area contributed by atoms with Crippen molar-refractivity contribution in [1.29, 1.82) is 0 Å². The van der Waals surface area contributed by atoms with Crippen molar-refractivity contribution in [1.82, 2.24) is 14.7 Å². The van der Waals surface area contributed by atoms with Gasteiger partial charge in [0.05, 0.1) is 31.2 Å². The number of piperazine rings is 1. The maximum atomic E-state index is 12.5. The molecule has 0 aromatic heterocycles. The average molecular weight is 353 g/mol. The van der Waals surface area contributed by atoms with Crippen LogP contribution in [0.5, 0.6) is 0 Å². The van der Waals surface area contributed by atoms with Gasteiger partial charge in [-0.15, -0.1) is 0 Å². The Kier molecular flexibility index (Phi) is 5.02. The fourth-order valence-corrected chi connectivity index (χ4v) is 4.22. The van der Waals surface area contributed by atoms with Gasteiger partial charge in [-0.1, -0.05) is 13.8 Å². The first kappa shape index (κ1) is 18.1. The van der Waals surface area contributed by atoms with Crippen molar-refractivity contribution < 1.29 is 24.2 Å². The van der Waals surface area contributed by atoms with Crippen molar-refractivity contribution in [2.45, 2.75) is 38.3 Å². The predicted octanol–water partition coefficient (Wildman–Crippen LogP) is -0.369. The van der Waals surface area contributed by atoms with E-state index in [9.17, 15) is 14.4 Å². The van der Waals surface area contributed by atoms with Crippen LogP contribution in [0.1, 0.15) is 26.7 Å². The van der Waals surface area contributed by atoms with Crippen LogP contribution in [0.15, 0.2) is 0 Å². The molecule has 1 N–H and O–H groups in total. The van der Waals surface area contributed by atoms with Gasteiger partial charge in [-0.05, 0) is 0 Å². The molecule has 3 aliphatic rings. The van der Waals surface area contributed by atoms with E-state index in [1.807, 2.05) is 18.7 Å². The van der Waals surface area contributed by atoms with Gasteiger partial charge in [-0.2, -0.15) is 0 Å². The molecule has 1 atom stereocenters. The molecule has 3 fully saturated rings. The molecule has 3 heterocycles. The molecule has 0 saturated carbocycles. The number of carbonyl (C=O) groups is 3. The van der Waals surface area contributed by atoms with E-state index in [1.165, 1.54) is 0 Å². The van der Waals surface area contributed by atoms with Crippen LogP contribution in [0.4, 0.5) is 0 Å². The topological polar surface area (TPSA) is 90.4 Å². The Bertz CT molecular complexity index is 558. The zero-order chi connectivity index (χ0) is 18.2. The number of likely N-dealkylation sites (tertiary alicyclic amines) is 1. The summed E-state index contributed by atoms with van der Waals surface area (Å²) in [4.78, 5) is 41.4. The summed E-state index contributed by atoms with van der Waals surface area (Å²) >= 11 is 0. The lowest BCUT2D eigenvalue weighted by Gasteiger charge is -2.63. The van der Waals surface area contributed by atoms with Gasteiger partial charge in [0, 0.05) is 45.1 Å². The lowest BCUT2D eigenvalue weighted by atomic mass is 9.82. The molecule has 0 aromatic carbocycles. The smallest absolute Gasteiger partial charge is 0.303 e. The second-order valence-electron chi connectivity index (χ2n) is 7.66. The van der Waals surface area contributed by atoms with Crippen LogP contribution in [0.25, 0.3) is 0 Å². The van der Waals surface area contributed by atoms with Crippen LogP contribution in [-0.4, -0.2) is 95.1 Å². The Morgan fingerprint density at radius 1 is 1.16 bits per heavy atom. The number of fused-ring (bicyclic) bond motifs is 2. The molecule has 8 heteroatoms. The first-order valence-corrected chi connectivity index (χ1v) is 8.95. The quantitative estimate of drug-likeness (QED) is 0.742. The third-order valence-corrected chi connectivity index (χ3v) is 5.43. The number of ether oxygens (including phenoxy) is 1. The first-order valence-electron chi connectivity index (χ1n) is 8.95. The van der Waals surface area contributed by atoms with E-state index in [0.717, 1.165) is 6.54 Å². The summed E-state index contributed by atoms with van der Waals surface area (Å²) in [5.74, 6) is -0.991. The lowest BCUT2D eigenvalue weighted by molar-refractivity contribution is -0.182. The van der Waals surface area contributed by atoms with Crippen molar-refractivity contribution in [2.24, 2.45) is 5.92 Å². The summed E-state index contributed by atoms with van der Waals surface area (Å²) < 4.78 is 5.60. The van der Waals surface area contributed by atoms with Crippen molar-refractivity contribution in [3.63, 3.8) is 0 Å². The van der Waals surface area contributed by atoms with E-state index in [2.05, 4.69) is 4.90 Å². The Labute approximate surface area is 147 Å². The molecule has 3 saturated heterocycles. The number of morpholine rings is 1. The standard InChI is InChI=1S/C17H27N3O5/c1-12(2)16(24)18-7-13-8-25-6-5-20(13)17(9-18)10-19(11-17)14(21)3-4-15(22)23/h12-13H,3-11H2,1-2H3,(H,22,23)/t13-/m1/s1. The van der Waals surface area contributed by atoms with E-state index in [4.69, 9.17) is 9.84 Å². The molecule has 0 radical (unpaired) electrons. The second-order valence-corrected chi connectivity index (χ2v) is 7.66. The summed E-state index contributed by atoms with van der Waals surface area (Å²) in [6, 6.07) is 0.168. The Hall–Kier alpha value is -1.67. The largest absolute Gasteiger partial charge is 0.481 e. The van der Waals surface area contributed by atoms with Crippen LogP contribution in [0.3, 0.4) is 0 Å². The van der Waals surface area contributed by atoms with Gasteiger partial charge in [-0.25, -0.2) is 0 Å². The highest BCUT2D eigenvalue weighted by molar-refractivity contribution is 5.82. The summed E-state index contributed by atoms with van der Waals surface area (Å²) in [5, 5.41) is 8.74. The Morgan fingerprint density at radius 3 is 2.48 bits per heavy atom. The third kappa shape index (κ3) is 3.50. The van der Waals surface area contributed by atoms with Gasteiger partial charge < -0.3 is 19.6 Å². The molecule has 0 bridgehead atoms. The number of carbonyl (C=O) groups excluding carboxylic acids is 2. The molecule has 0 aromatic rings. The van der Waals surface area contributed by atoms with Crippen molar-refractivity contribution in [2.75, 3.05) is 45.9 Å². The summed E-state index contributed by atoms with van der Waals surface area (Å²) in [6.45, 7) is 8.32. The maximum Gasteiger partial charge on any atom is 0.303 e. The highest BCUT2D eigenvalue weighted by Gasteiger charge is 2.55.